The van der Waals surface area contributed by atoms with E-state index in [2.05, 4.69) is 15.4 Å². The molecule has 1 aromatic carbocycles. The molecule has 31 heavy (non-hydrogen) atoms. The quantitative estimate of drug-likeness (QED) is 0.569. The molecule has 0 aliphatic heterocycles. The zero-order valence-corrected chi connectivity index (χ0v) is 18.8. The van der Waals surface area contributed by atoms with E-state index in [0.29, 0.717) is 28.9 Å². The van der Waals surface area contributed by atoms with Crippen LogP contribution in [0.15, 0.2) is 47.8 Å². The van der Waals surface area contributed by atoms with Crippen LogP contribution >= 0.6 is 11.6 Å². The Kier molecular flexibility index (Phi) is 6.76. The summed E-state index contributed by atoms with van der Waals surface area (Å²) >= 11 is 5.86. The highest BCUT2D eigenvalue weighted by atomic mass is 35.5. The molecule has 3 rings (SSSR count). The molecule has 0 bridgehead atoms. The third-order valence-corrected chi connectivity index (χ3v) is 6.12. The number of carbonyl (C=O) groups is 1. The topological polar surface area (TPSA) is 94.0 Å². The van der Waals surface area contributed by atoms with Crippen LogP contribution in [0.25, 0.3) is 5.69 Å². The predicted octanol–water partition coefficient (Wildman–Crippen LogP) is 4.04. The predicted molar refractivity (Wildman–Crippen MR) is 116 cm³/mol. The van der Waals surface area contributed by atoms with Crippen molar-refractivity contribution < 1.29 is 17.6 Å². The number of aromatic nitrogens is 3. The lowest BCUT2D eigenvalue weighted by molar-refractivity contribution is 0.0933. The highest BCUT2D eigenvalue weighted by Gasteiger charge is 2.21. The van der Waals surface area contributed by atoms with Crippen LogP contribution in [0.1, 0.15) is 47.4 Å². The minimum absolute atomic E-state index is 0.0205. The average Bonchev–Trinajstić information content (AvgIpc) is 3.10. The van der Waals surface area contributed by atoms with Gasteiger partial charge < -0.3 is 5.32 Å². The van der Waals surface area contributed by atoms with Gasteiger partial charge in [0.15, 0.2) is 14.9 Å². The highest BCUT2D eigenvalue weighted by Crippen LogP contribution is 2.23. The summed E-state index contributed by atoms with van der Waals surface area (Å²) in [6.07, 6.45) is 5.44. The first-order chi connectivity index (χ1) is 14.6. The maximum Gasteiger partial charge on any atom is 0.255 e. The number of carbonyl (C=O) groups excluding carboxylic acids is 1. The van der Waals surface area contributed by atoms with E-state index in [4.69, 9.17) is 11.6 Å². The van der Waals surface area contributed by atoms with Crippen molar-refractivity contribution in [3.05, 3.63) is 70.4 Å². The van der Waals surface area contributed by atoms with Gasteiger partial charge in [-0.05, 0) is 43.2 Å². The molecule has 1 N–H and O–H groups in total. The van der Waals surface area contributed by atoms with Gasteiger partial charge in [0, 0.05) is 12.5 Å². The molecule has 10 heteroatoms. The van der Waals surface area contributed by atoms with Crippen molar-refractivity contribution in [2.45, 2.75) is 37.8 Å². The van der Waals surface area contributed by atoms with Crippen LogP contribution < -0.4 is 5.32 Å². The van der Waals surface area contributed by atoms with Gasteiger partial charge >= 0.3 is 0 Å². The molecule has 0 aliphatic rings. The highest BCUT2D eigenvalue weighted by molar-refractivity contribution is 7.90. The maximum atomic E-state index is 13.5. The number of hydrogen-bond donors (Lipinski definition) is 1. The zero-order valence-electron chi connectivity index (χ0n) is 17.3. The molecular weight excluding hydrogens is 443 g/mol. The normalized spacial score (nSPS) is 12.5. The minimum Gasteiger partial charge on any atom is -0.345 e. The molecule has 0 spiro atoms. The lowest BCUT2D eigenvalue weighted by Crippen LogP contribution is -2.29. The van der Waals surface area contributed by atoms with Crippen LogP contribution in [-0.4, -0.2) is 35.3 Å². The Bertz CT molecular complexity index is 1210. The molecule has 0 saturated carbocycles. The Morgan fingerprint density at radius 3 is 2.58 bits per heavy atom. The molecule has 1 unspecified atom stereocenters. The lowest BCUT2D eigenvalue weighted by atomic mass is 10.0. The second-order valence-corrected chi connectivity index (χ2v) is 9.54. The second-order valence-electron chi connectivity index (χ2n) is 7.17. The van der Waals surface area contributed by atoms with Gasteiger partial charge in [-0.1, -0.05) is 31.0 Å². The third kappa shape index (κ3) is 5.11. The summed E-state index contributed by atoms with van der Waals surface area (Å²) in [7, 11) is -3.40. The number of nitrogens with zero attached hydrogens (tertiary/aromatic N) is 3. The van der Waals surface area contributed by atoms with Crippen LogP contribution in [0.5, 0.6) is 0 Å². The van der Waals surface area contributed by atoms with Gasteiger partial charge in [0.25, 0.3) is 5.91 Å². The van der Waals surface area contributed by atoms with Gasteiger partial charge in [0.1, 0.15) is 5.82 Å². The van der Waals surface area contributed by atoms with Crippen molar-refractivity contribution in [1.29, 1.82) is 0 Å². The second kappa shape index (κ2) is 9.15. The molecule has 0 fully saturated rings. The molecule has 0 saturated heterocycles. The fourth-order valence-electron chi connectivity index (χ4n) is 3.17. The van der Waals surface area contributed by atoms with Crippen LogP contribution in [0, 0.1) is 12.7 Å². The van der Waals surface area contributed by atoms with E-state index in [1.54, 1.807) is 13.0 Å². The van der Waals surface area contributed by atoms with Crippen molar-refractivity contribution in [2.75, 3.05) is 6.26 Å². The number of halogens is 2. The molecular formula is C21H22ClFN4O3S. The van der Waals surface area contributed by atoms with Crippen molar-refractivity contribution in [1.82, 2.24) is 20.1 Å². The number of sulfone groups is 1. The van der Waals surface area contributed by atoms with Crippen LogP contribution in [0.4, 0.5) is 4.39 Å². The first kappa shape index (κ1) is 22.9. The number of pyridine rings is 1. The van der Waals surface area contributed by atoms with Crippen molar-refractivity contribution >= 4 is 27.3 Å². The summed E-state index contributed by atoms with van der Waals surface area (Å²) in [4.78, 5) is 17.0. The van der Waals surface area contributed by atoms with E-state index in [9.17, 15) is 17.6 Å². The van der Waals surface area contributed by atoms with Crippen molar-refractivity contribution in [3.63, 3.8) is 0 Å². The largest absolute Gasteiger partial charge is 0.345 e. The number of amides is 1. The van der Waals surface area contributed by atoms with Crippen molar-refractivity contribution in [3.8, 4) is 5.69 Å². The standard InChI is InChI=1S/C21H22ClFN4O3S/c1-4-5-19(14-6-9-20(24-11-14)31(3,29)30)26-21(28)16-12-25-27(13(16)2)15-7-8-18(23)17(22)10-15/h6-12,19H,4-5H2,1-3H3,(H,26,28). The van der Waals surface area contributed by atoms with E-state index in [1.807, 2.05) is 6.92 Å². The third-order valence-electron chi connectivity index (χ3n) is 4.83. The number of nitrogens with one attached hydrogen (secondary N) is 1. The van der Waals surface area contributed by atoms with E-state index in [-0.39, 0.29) is 22.0 Å². The van der Waals surface area contributed by atoms with Gasteiger partial charge in [-0.3, -0.25) is 4.79 Å². The average molecular weight is 465 g/mol. The molecule has 1 amide bonds. The smallest absolute Gasteiger partial charge is 0.255 e. The summed E-state index contributed by atoms with van der Waals surface area (Å²) in [6.45, 7) is 3.72. The first-order valence-corrected chi connectivity index (χ1v) is 11.9. The number of hydrogen-bond acceptors (Lipinski definition) is 5. The number of rotatable bonds is 7. The molecule has 7 nitrogen and oxygen atoms in total. The van der Waals surface area contributed by atoms with Crippen LogP contribution in [-0.2, 0) is 9.84 Å². The summed E-state index contributed by atoms with van der Waals surface area (Å²) < 4.78 is 38.2. The molecule has 164 valence electrons. The summed E-state index contributed by atoms with van der Waals surface area (Å²) in [5.41, 5.74) is 2.18. The van der Waals surface area contributed by atoms with E-state index in [0.717, 1.165) is 12.7 Å². The van der Waals surface area contributed by atoms with Gasteiger partial charge in [0.05, 0.1) is 34.2 Å². The first-order valence-electron chi connectivity index (χ1n) is 9.58. The minimum atomic E-state index is -3.40. The molecule has 2 heterocycles. The summed E-state index contributed by atoms with van der Waals surface area (Å²) in [5.74, 6) is -0.867. The maximum absolute atomic E-state index is 13.5. The SMILES string of the molecule is CCCC(NC(=O)c1cnn(-c2ccc(F)c(Cl)c2)c1C)c1ccc(S(C)(=O)=O)nc1. The van der Waals surface area contributed by atoms with Gasteiger partial charge in [-0.25, -0.2) is 22.5 Å². The molecule has 0 radical (unpaired) electrons. The Morgan fingerprint density at radius 2 is 2.00 bits per heavy atom. The van der Waals surface area contributed by atoms with Gasteiger partial charge in [-0.15, -0.1) is 0 Å². The Labute approximate surface area is 185 Å². The summed E-state index contributed by atoms with van der Waals surface area (Å²) in [5, 5.41) is 7.15. The Morgan fingerprint density at radius 1 is 1.26 bits per heavy atom. The van der Waals surface area contributed by atoms with Gasteiger partial charge in [0.2, 0.25) is 0 Å². The lowest BCUT2D eigenvalue weighted by Gasteiger charge is -2.18. The fraction of sp³-hybridized carbons (Fsp3) is 0.286. The summed E-state index contributed by atoms with van der Waals surface area (Å²) in [6, 6.07) is 6.94. The fourth-order valence-corrected chi connectivity index (χ4v) is 3.91. The number of benzene rings is 1. The van der Waals surface area contributed by atoms with Crippen LogP contribution in [0.2, 0.25) is 5.02 Å². The van der Waals surface area contributed by atoms with E-state index in [1.165, 1.54) is 41.3 Å². The molecule has 0 aliphatic carbocycles. The van der Waals surface area contributed by atoms with E-state index >= 15 is 0 Å². The monoisotopic (exact) mass is 464 g/mol. The Hall–Kier alpha value is -2.78. The van der Waals surface area contributed by atoms with Crippen LogP contribution in [0.3, 0.4) is 0 Å². The Balaban J connectivity index is 1.84. The molecule has 3 aromatic rings. The molecule has 1 atom stereocenters. The van der Waals surface area contributed by atoms with Gasteiger partial charge in [-0.2, -0.15) is 5.10 Å². The molecule has 2 aromatic heterocycles. The van der Waals surface area contributed by atoms with Crippen molar-refractivity contribution in [2.24, 2.45) is 0 Å². The van der Waals surface area contributed by atoms with E-state index < -0.39 is 15.7 Å². The zero-order chi connectivity index (χ0) is 22.8.